The van der Waals surface area contributed by atoms with Gasteiger partial charge in [-0.3, -0.25) is 4.79 Å². The number of hydrogen-bond acceptors (Lipinski definition) is 3. The van der Waals surface area contributed by atoms with Gasteiger partial charge in [-0.05, 0) is 44.2 Å². The van der Waals surface area contributed by atoms with Crippen LogP contribution in [0.2, 0.25) is 0 Å². The Morgan fingerprint density at radius 1 is 1.45 bits per heavy atom. The minimum absolute atomic E-state index is 0.242. The molecule has 0 atom stereocenters. The number of likely N-dealkylation sites (N-methyl/N-ethyl adjacent to an activating group) is 1. The van der Waals surface area contributed by atoms with Gasteiger partial charge in [-0.25, -0.2) is 0 Å². The number of fused-ring (bicyclic) bond motifs is 1. The number of aryl methyl sites for hydroxylation is 1. The number of amides is 1. The van der Waals surface area contributed by atoms with Crippen molar-refractivity contribution in [3.63, 3.8) is 0 Å². The van der Waals surface area contributed by atoms with Gasteiger partial charge in [0.15, 0.2) is 0 Å². The molecule has 0 aromatic heterocycles. The molecule has 0 unspecified atom stereocenters. The van der Waals surface area contributed by atoms with E-state index in [-0.39, 0.29) is 5.91 Å². The fourth-order valence-electron chi connectivity index (χ4n) is 3.21. The highest BCUT2D eigenvalue weighted by Crippen LogP contribution is 2.33. The van der Waals surface area contributed by atoms with Crippen molar-refractivity contribution >= 4 is 17.3 Å². The Kier molecular flexibility index (Phi) is 3.55. The maximum Gasteiger partial charge on any atom is 0.242 e. The predicted octanol–water partition coefficient (Wildman–Crippen LogP) is 2.03. The third kappa shape index (κ3) is 2.47. The number of nitrogens with zero attached hydrogens (tertiary/aromatic N) is 2. The summed E-state index contributed by atoms with van der Waals surface area (Å²) in [5.74, 6) is 0.242. The molecule has 4 heteroatoms. The SMILES string of the molecule is CCN(C(=O)CN1CCCc2cccc(N)c21)C1CC1. The summed E-state index contributed by atoms with van der Waals surface area (Å²) < 4.78 is 0. The van der Waals surface area contributed by atoms with Crippen LogP contribution in [-0.2, 0) is 11.2 Å². The van der Waals surface area contributed by atoms with Gasteiger partial charge >= 0.3 is 0 Å². The van der Waals surface area contributed by atoms with Crippen LogP contribution in [-0.4, -0.2) is 36.5 Å². The Morgan fingerprint density at radius 3 is 2.95 bits per heavy atom. The molecule has 0 radical (unpaired) electrons. The molecule has 0 spiro atoms. The smallest absolute Gasteiger partial charge is 0.242 e. The number of hydrogen-bond donors (Lipinski definition) is 1. The molecule has 108 valence electrons. The fourth-order valence-corrected chi connectivity index (χ4v) is 3.21. The standard InChI is InChI=1S/C16H23N3O/c1-2-19(13-8-9-13)15(20)11-18-10-4-6-12-5-3-7-14(17)16(12)18/h3,5,7,13H,2,4,6,8-11,17H2,1H3. The van der Waals surface area contributed by atoms with Crippen LogP contribution in [0.1, 0.15) is 31.7 Å². The third-order valence-corrected chi connectivity index (χ3v) is 4.32. The quantitative estimate of drug-likeness (QED) is 0.854. The van der Waals surface area contributed by atoms with E-state index in [0.29, 0.717) is 12.6 Å². The molecule has 2 N–H and O–H groups in total. The highest BCUT2D eigenvalue weighted by Gasteiger charge is 2.32. The minimum atomic E-state index is 0.242. The van der Waals surface area contributed by atoms with Gasteiger partial charge in [0, 0.05) is 19.1 Å². The second-order valence-electron chi connectivity index (χ2n) is 5.79. The van der Waals surface area contributed by atoms with Gasteiger partial charge in [-0.2, -0.15) is 0 Å². The lowest BCUT2D eigenvalue weighted by Gasteiger charge is -2.33. The molecule has 1 aliphatic heterocycles. The molecule has 1 aliphatic carbocycles. The number of rotatable bonds is 4. The minimum Gasteiger partial charge on any atom is -0.397 e. The van der Waals surface area contributed by atoms with Crippen molar-refractivity contribution in [1.82, 2.24) is 4.90 Å². The Balaban J connectivity index is 1.77. The van der Waals surface area contributed by atoms with Crippen molar-refractivity contribution in [3.8, 4) is 0 Å². The van der Waals surface area contributed by atoms with Gasteiger partial charge in [-0.15, -0.1) is 0 Å². The van der Waals surface area contributed by atoms with Crippen LogP contribution in [0, 0.1) is 0 Å². The number of benzene rings is 1. The van der Waals surface area contributed by atoms with Crippen LogP contribution in [0.3, 0.4) is 0 Å². The number of carbonyl (C=O) groups is 1. The summed E-state index contributed by atoms with van der Waals surface area (Å²) in [5.41, 5.74) is 9.28. The van der Waals surface area contributed by atoms with E-state index in [9.17, 15) is 4.79 Å². The first-order valence-electron chi connectivity index (χ1n) is 7.62. The van der Waals surface area contributed by atoms with E-state index in [0.717, 1.165) is 50.1 Å². The normalized spacial score (nSPS) is 17.8. The van der Waals surface area contributed by atoms with Gasteiger partial charge in [0.1, 0.15) is 0 Å². The first kappa shape index (κ1) is 13.3. The van der Waals surface area contributed by atoms with Crippen molar-refractivity contribution in [2.24, 2.45) is 0 Å². The largest absolute Gasteiger partial charge is 0.397 e. The van der Waals surface area contributed by atoms with Crippen molar-refractivity contribution in [1.29, 1.82) is 0 Å². The molecule has 1 amide bonds. The monoisotopic (exact) mass is 273 g/mol. The number of carbonyl (C=O) groups excluding carboxylic acids is 1. The average molecular weight is 273 g/mol. The summed E-state index contributed by atoms with van der Waals surface area (Å²) >= 11 is 0. The summed E-state index contributed by atoms with van der Waals surface area (Å²) in [6.07, 6.45) is 4.49. The third-order valence-electron chi connectivity index (χ3n) is 4.32. The van der Waals surface area contributed by atoms with Gasteiger partial charge < -0.3 is 15.5 Å². The lowest BCUT2D eigenvalue weighted by Crippen LogP contribution is -2.43. The van der Waals surface area contributed by atoms with Crippen LogP contribution in [0.15, 0.2) is 18.2 Å². The maximum atomic E-state index is 12.5. The van der Waals surface area contributed by atoms with E-state index in [4.69, 9.17) is 5.73 Å². The van der Waals surface area contributed by atoms with Gasteiger partial charge in [0.25, 0.3) is 0 Å². The number of nitrogens with two attached hydrogens (primary N) is 1. The number of anilines is 2. The molecule has 1 aromatic rings. The van der Waals surface area contributed by atoms with Crippen LogP contribution < -0.4 is 10.6 Å². The number of nitrogen functional groups attached to an aromatic ring is 1. The zero-order valence-electron chi connectivity index (χ0n) is 12.1. The van der Waals surface area contributed by atoms with Gasteiger partial charge in [0.05, 0.1) is 17.9 Å². The van der Waals surface area contributed by atoms with Gasteiger partial charge in [-0.1, -0.05) is 12.1 Å². The molecule has 1 heterocycles. The second-order valence-corrected chi connectivity index (χ2v) is 5.79. The van der Waals surface area contributed by atoms with E-state index in [1.54, 1.807) is 0 Å². The molecule has 3 rings (SSSR count). The molecular weight excluding hydrogens is 250 g/mol. The van der Waals surface area contributed by atoms with Crippen molar-refractivity contribution in [2.75, 3.05) is 30.3 Å². The highest BCUT2D eigenvalue weighted by molar-refractivity contribution is 5.84. The Morgan fingerprint density at radius 2 is 2.25 bits per heavy atom. The first-order valence-corrected chi connectivity index (χ1v) is 7.62. The molecule has 20 heavy (non-hydrogen) atoms. The van der Waals surface area contributed by atoms with Crippen LogP contribution in [0.4, 0.5) is 11.4 Å². The molecular formula is C16H23N3O. The van der Waals surface area contributed by atoms with Crippen molar-refractivity contribution < 1.29 is 4.79 Å². The van der Waals surface area contributed by atoms with E-state index >= 15 is 0 Å². The molecule has 0 saturated heterocycles. The number of para-hydroxylation sites is 1. The van der Waals surface area contributed by atoms with E-state index < -0.39 is 0 Å². The highest BCUT2D eigenvalue weighted by atomic mass is 16.2. The predicted molar refractivity (Wildman–Crippen MR) is 81.8 cm³/mol. The van der Waals surface area contributed by atoms with Gasteiger partial charge in [0.2, 0.25) is 5.91 Å². The fraction of sp³-hybridized carbons (Fsp3) is 0.562. The summed E-state index contributed by atoms with van der Waals surface area (Å²) in [6.45, 7) is 4.27. The Bertz CT molecular complexity index is 510. The molecule has 2 aliphatic rings. The van der Waals surface area contributed by atoms with Crippen molar-refractivity contribution in [2.45, 2.75) is 38.6 Å². The zero-order valence-corrected chi connectivity index (χ0v) is 12.1. The van der Waals surface area contributed by atoms with Crippen LogP contribution in [0.5, 0.6) is 0 Å². The van der Waals surface area contributed by atoms with E-state index in [1.807, 2.05) is 17.0 Å². The summed E-state index contributed by atoms with van der Waals surface area (Å²) in [6, 6.07) is 6.55. The summed E-state index contributed by atoms with van der Waals surface area (Å²) in [7, 11) is 0. The molecule has 1 saturated carbocycles. The molecule has 4 nitrogen and oxygen atoms in total. The van der Waals surface area contributed by atoms with Crippen LogP contribution in [0.25, 0.3) is 0 Å². The first-order chi connectivity index (χ1) is 9.70. The Hall–Kier alpha value is -1.71. The average Bonchev–Trinajstić information content (AvgIpc) is 3.24. The van der Waals surface area contributed by atoms with E-state index in [1.165, 1.54) is 5.56 Å². The lowest BCUT2D eigenvalue weighted by molar-refractivity contribution is -0.130. The maximum absolute atomic E-state index is 12.5. The molecule has 0 bridgehead atoms. The zero-order chi connectivity index (χ0) is 14.1. The summed E-state index contributed by atoms with van der Waals surface area (Å²) in [4.78, 5) is 16.7. The topological polar surface area (TPSA) is 49.6 Å². The lowest BCUT2D eigenvalue weighted by atomic mass is 10.0. The summed E-state index contributed by atoms with van der Waals surface area (Å²) in [5, 5.41) is 0. The van der Waals surface area contributed by atoms with E-state index in [2.05, 4.69) is 17.9 Å². The molecule has 1 aromatic carbocycles. The molecule has 1 fully saturated rings. The van der Waals surface area contributed by atoms with Crippen LogP contribution >= 0.6 is 0 Å². The Labute approximate surface area is 120 Å². The second kappa shape index (κ2) is 5.35. The van der Waals surface area contributed by atoms with Crippen molar-refractivity contribution in [3.05, 3.63) is 23.8 Å².